The molecular formula is C23H26O. The Kier molecular flexibility index (Phi) is 6.62. The van der Waals surface area contributed by atoms with Gasteiger partial charge in [0.1, 0.15) is 11.5 Å². The Morgan fingerprint density at radius 2 is 0.958 bits per heavy atom. The SMILES string of the molecule is CC.CC.c1ccc(C2c3ccccc3Oc3ccccc32)cc1. The first kappa shape index (κ1) is 17.8. The quantitative estimate of drug-likeness (QED) is 0.366. The van der Waals surface area contributed by atoms with Crippen LogP contribution >= 0.6 is 0 Å². The molecular weight excluding hydrogens is 292 g/mol. The Hall–Kier alpha value is -2.54. The average molecular weight is 318 g/mol. The third-order valence-electron chi connectivity index (χ3n) is 3.81. The molecule has 0 N–H and O–H groups in total. The second-order valence-electron chi connectivity index (χ2n) is 5.02. The standard InChI is InChI=1S/C19H14O.2C2H6/c1-2-8-14(9-3-1)19-15-10-4-6-12-17(15)20-18-13-7-5-11-16(18)19;2*1-2/h1-13,19H;2*1-2H3. The van der Waals surface area contributed by atoms with E-state index in [2.05, 4.69) is 54.6 Å². The number of para-hydroxylation sites is 2. The van der Waals surface area contributed by atoms with Crippen LogP contribution in [0.25, 0.3) is 0 Å². The van der Waals surface area contributed by atoms with E-state index in [1.807, 2.05) is 52.0 Å². The van der Waals surface area contributed by atoms with Gasteiger partial charge < -0.3 is 4.74 Å². The average Bonchev–Trinajstić information content (AvgIpc) is 2.70. The van der Waals surface area contributed by atoms with E-state index in [0.717, 1.165) is 11.5 Å². The van der Waals surface area contributed by atoms with Crippen molar-refractivity contribution in [3.8, 4) is 11.5 Å². The molecule has 24 heavy (non-hydrogen) atoms. The second kappa shape index (κ2) is 8.93. The first-order chi connectivity index (χ1) is 11.9. The summed E-state index contributed by atoms with van der Waals surface area (Å²) in [5.41, 5.74) is 3.77. The third-order valence-corrected chi connectivity index (χ3v) is 3.81. The molecule has 4 rings (SSSR count). The van der Waals surface area contributed by atoms with E-state index in [1.165, 1.54) is 16.7 Å². The summed E-state index contributed by atoms with van der Waals surface area (Å²) in [6, 6.07) is 27.2. The van der Waals surface area contributed by atoms with Crippen LogP contribution in [0.3, 0.4) is 0 Å². The van der Waals surface area contributed by atoms with Crippen molar-refractivity contribution in [2.24, 2.45) is 0 Å². The number of hydrogen-bond donors (Lipinski definition) is 0. The van der Waals surface area contributed by atoms with Crippen molar-refractivity contribution >= 4 is 0 Å². The molecule has 1 heteroatoms. The molecule has 0 aromatic heterocycles. The van der Waals surface area contributed by atoms with Crippen LogP contribution in [-0.2, 0) is 0 Å². The van der Waals surface area contributed by atoms with Crippen LogP contribution in [0.2, 0.25) is 0 Å². The maximum Gasteiger partial charge on any atom is 0.131 e. The first-order valence-electron chi connectivity index (χ1n) is 8.84. The van der Waals surface area contributed by atoms with E-state index in [4.69, 9.17) is 4.74 Å². The van der Waals surface area contributed by atoms with E-state index in [0.29, 0.717) is 0 Å². The highest BCUT2D eigenvalue weighted by atomic mass is 16.5. The van der Waals surface area contributed by atoms with Crippen LogP contribution in [0.5, 0.6) is 11.5 Å². The van der Waals surface area contributed by atoms with Crippen molar-refractivity contribution in [1.82, 2.24) is 0 Å². The van der Waals surface area contributed by atoms with Gasteiger partial charge in [0.2, 0.25) is 0 Å². The van der Waals surface area contributed by atoms with Gasteiger partial charge in [-0.1, -0.05) is 94.4 Å². The molecule has 0 unspecified atom stereocenters. The maximum absolute atomic E-state index is 6.03. The predicted octanol–water partition coefficient (Wildman–Crippen LogP) is 7.02. The van der Waals surface area contributed by atoms with Crippen molar-refractivity contribution in [3.05, 3.63) is 95.6 Å². The fourth-order valence-electron chi connectivity index (χ4n) is 2.91. The van der Waals surface area contributed by atoms with Crippen LogP contribution in [0, 0.1) is 0 Å². The van der Waals surface area contributed by atoms with Crippen molar-refractivity contribution in [1.29, 1.82) is 0 Å². The van der Waals surface area contributed by atoms with Gasteiger partial charge in [0, 0.05) is 17.0 Å². The lowest BCUT2D eigenvalue weighted by atomic mass is 9.83. The number of fused-ring (bicyclic) bond motifs is 2. The highest BCUT2D eigenvalue weighted by molar-refractivity contribution is 5.57. The minimum atomic E-state index is 0.248. The fraction of sp³-hybridized carbons (Fsp3) is 0.217. The summed E-state index contributed by atoms with van der Waals surface area (Å²) < 4.78 is 6.03. The molecule has 0 atom stereocenters. The topological polar surface area (TPSA) is 9.23 Å². The van der Waals surface area contributed by atoms with E-state index >= 15 is 0 Å². The Morgan fingerprint density at radius 1 is 0.542 bits per heavy atom. The van der Waals surface area contributed by atoms with Crippen LogP contribution in [-0.4, -0.2) is 0 Å². The van der Waals surface area contributed by atoms with Gasteiger partial charge in [-0.25, -0.2) is 0 Å². The molecule has 0 fully saturated rings. The van der Waals surface area contributed by atoms with E-state index in [9.17, 15) is 0 Å². The number of benzene rings is 3. The van der Waals surface area contributed by atoms with Crippen molar-refractivity contribution < 1.29 is 4.74 Å². The predicted molar refractivity (Wildman–Crippen MR) is 103 cm³/mol. The van der Waals surface area contributed by atoms with E-state index in [1.54, 1.807) is 0 Å². The van der Waals surface area contributed by atoms with Crippen LogP contribution in [0.15, 0.2) is 78.9 Å². The Morgan fingerprint density at radius 3 is 1.46 bits per heavy atom. The lowest BCUT2D eigenvalue weighted by molar-refractivity contribution is 0.453. The summed E-state index contributed by atoms with van der Waals surface area (Å²) in [6.45, 7) is 8.00. The van der Waals surface area contributed by atoms with Crippen molar-refractivity contribution in [2.45, 2.75) is 33.6 Å². The fourth-order valence-corrected chi connectivity index (χ4v) is 2.91. The minimum absolute atomic E-state index is 0.248. The van der Waals surface area contributed by atoms with E-state index in [-0.39, 0.29) is 5.92 Å². The Bertz CT molecular complexity index is 701. The summed E-state index contributed by atoms with van der Waals surface area (Å²) in [5, 5.41) is 0. The number of hydrogen-bond acceptors (Lipinski definition) is 1. The molecule has 124 valence electrons. The third kappa shape index (κ3) is 3.51. The molecule has 3 aromatic rings. The number of rotatable bonds is 1. The van der Waals surface area contributed by atoms with Gasteiger partial charge in [0.25, 0.3) is 0 Å². The molecule has 1 aliphatic heterocycles. The van der Waals surface area contributed by atoms with Gasteiger partial charge in [-0.2, -0.15) is 0 Å². The second-order valence-corrected chi connectivity index (χ2v) is 5.02. The zero-order valence-corrected chi connectivity index (χ0v) is 15.0. The largest absolute Gasteiger partial charge is 0.457 e. The van der Waals surface area contributed by atoms with Crippen molar-refractivity contribution in [3.63, 3.8) is 0 Å². The summed E-state index contributed by atoms with van der Waals surface area (Å²) in [5.74, 6) is 2.16. The molecule has 0 spiro atoms. The molecule has 1 nitrogen and oxygen atoms in total. The van der Waals surface area contributed by atoms with Gasteiger partial charge in [-0.15, -0.1) is 0 Å². The smallest absolute Gasteiger partial charge is 0.131 e. The highest BCUT2D eigenvalue weighted by Gasteiger charge is 2.27. The first-order valence-corrected chi connectivity index (χ1v) is 8.84. The summed E-state index contributed by atoms with van der Waals surface area (Å²) in [6.07, 6.45) is 0. The molecule has 0 saturated heterocycles. The summed E-state index contributed by atoms with van der Waals surface area (Å²) >= 11 is 0. The van der Waals surface area contributed by atoms with Crippen LogP contribution in [0.1, 0.15) is 50.3 Å². The van der Waals surface area contributed by atoms with Crippen molar-refractivity contribution in [2.75, 3.05) is 0 Å². The zero-order chi connectivity index (χ0) is 17.4. The van der Waals surface area contributed by atoms with Gasteiger partial charge in [-0.3, -0.25) is 0 Å². The lowest BCUT2D eigenvalue weighted by Gasteiger charge is -2.28. The molecule has 0 saturated carbocycles. The van der Waals surface area contributed by atoms with Gasteiger partial charge in [-0.05, 0) is 17.7 Å². The molecule has 0 radical (unpaired) electrons. The summed E-state index contributed by atoms with van der Waals surface area (Å²) in [4.78, 5) is 0. The Labute approximate surface area is 145 Å². The highest BCUT2D eigenvalue weighted by Crippen LogP contribution is 2.46. The molecule has 0 amide bonds. The molecule has 3 aromatic carbocycles. The summed E-state index contributed by atoms with van der Waals surface area (Å²) in [7, 11) is 0. The Balaban J connectivity index is 0.000000487. The van der Waals surface area contributed by atoms with E-state index < -0.39 is 0 Å². The lowest BCUT2D eigenvalue weighted by Crippen LogP contribution is -2.11. The van der Waals surface area contributed by atoms with Crippen LogP contribution in [0.4, 0.5) is 0 Å². The van der Waals surface area contributed by atoms with Gasteiger partial charge >= 0.3 is 0 Å². The van der Waals surface area contributed by atoms with Gasteiger partial charge in [0.05, 0.1) is 0 Å². The molecule has 0 bridgehead atoms. The zero-order valence-electron chi connectivity index (χ0n) is 15.0. The molecule has 1 heterocycles. The van der Waals surface area contributed by atoms with Gasteiger partial charge in [0.15, 0.2) is 0 Å². The normalized spacial score (nSPS) is 11.5. The van der Waals surface area contributed by atoms with Crippen LogP contribution < -0.4 is 4.74 Å². The number of ether oxygens (including phenoxy) is 1. The minimum Gasteiger partial charge on any atom is -0.457 e. The molecule has 1 aliphatic rings. The monoisotopic (exact) mass is 318 g/mol. The molecule has 0 aliphatic carbocycles. The maximum atomic E-state index is 6.03.